The highest BCUT2D eigenvalue weighted by Gasteiger charge is 2.35. The molecule has 0 saturated carbocycles. The van der Waals surface area contributed by atoms with Crippen LogP contribution >= 0.6 is 0 Å². The minimum atomic E-state index is -0.626. The van der Waals surface area contributed by atoms with Crippen molar-refractivity contribution in [3.63, 3.8) is 0 Å². The molecule has 174 valence electrons. The molecular weight excluding hydrogens is 432 g/mol. The molecule has 1 aromatic heterocycles. The smallest absolute Gasteiger partial charge is 0.338 e. The van der Waals surface area contributed by atoms with E-state index in [1.165, 1.54) is 22.8 Å². The van der Waals surface area contributed by atoms with Crippen LogP contribution in [0.4, 0.5) is 5.69 Å². The largest absolute Gasteiger partial charge is 0.462 e. The minimum Gasteiger partial charge on any atom is -0.462 e. The van der Waals surface area contributed by atoms with Crippen molar-refractivity contribution in [2.24, 2.45) is 5.41 Å². The van der Waals surface area contributed by atoms with E-state index in [9.17, 15) is 19.2 Å². The molecule has 0 fully saturated rings. The van der Waals surface area contributed by atoms with Gasteiger partial charge in [0.25, 0.3) is 11.5 Å². The molecule has 3 aromatic rings. The number of anilines is 1. The molecule has 1 heterocycles. The van der Waals surface area contributed by atoms with Crippen molar-refractivity contribution < 1.29 is 19.1 Å². The molecule has 2 aromatic carbocycles. The Labute approximate surface area is 197 Å². The summed E-state index contributed by atoms with van der Waals surface area (Å²) in [5.74, 6) is -1.18. The normalized spacial score (nSPS) is 14.3. The van der Waals surface area contributed by atoms with Crippen LogP contribution in [0.2, 0.25) is 0 Å². The van der Waals surface area contributed by atoms with Crippen molar-refractivity contribution in [1.29, 1.82) is 0 Å². The van der Waals surface area contributed by atoms with E-state index in [-0.39, 0.29) is 23.4 Å². The van der Waals surface area contributed by atoms with E-state index >= 15 is 0 Å². The molecule has 7 heteroatoms. The van der Waals surface area contributed by atoms with Crippen LogP contribution in [0.15, 0.2) is 65.5 Å². The first-order valence-corrected chi connectivity index (χ1v) is 11.2. The van der Waals surface area contributed by atoms with Gasteiger partial charge >= 0.3 is 5.97 Å². The molecule has 1 aliphatic rings. The quantitative estimate of drug-likeness (QED) is 0.571. The van der Waals surface area contributed by atoms with Gasteiger partial charge in [-0.1, -0.05) is 32.0 Å². The highest BCUT2D eigenvalue weighted by Crippen LogP contribution is 2.35. The summed E-state index contributed by atoms with van der Waals surface area (Å²) in [5, 5.41) is 2.70. The first-order chi connectivity index (χ1) is 16.2. The number of carbonyl (C=O) groups is 3. The lowest BCUT2D eigenvalue weighted by atomic mass is 9.75. The van der Waals surface area contributed by atoms with Gasteiger partial charge < -0.3 is 10.1 Å². The van der Waals surface area contributed by atoms with Crippen LogP contribution in [0, 0.1) is 5.41 Å². The highest BCUT2D eigenvalue weighted by atomic mass is 16.5. The number of aromatic nitrogens is 1. The Morgan fingerprint density at radius 3 is 2.32 bits per heavy atom. The number of fused-ring (bicyclic) bond motifs is 1. The van der Waals surface area contributed by atoms with E-state index in [2.05, 4.69) is 5.32 Å². The van der Waals surface area contributed by atoms with E-state index < -0.39 is 17.4 Å². The highest BCUT2D eigenvalue weighted by molar-refractivity contribution is 6.07. The van der Waals surface area contributed by atoms with E-state index in [0.717, 1.165) is 0 Å². The molecule has 0 unspecified atom stereocenters. The number of nitrogens with zero attached hydrogens (tertiary/aromatic N) is 1. The summed E-state index contributed by atoms with van der Waals surface area (Å²) in [6, 6.07) is 16.6. The molecule has 0 radical (unpaired) electrons. The van der Waals surface area contributed by atoms with Gasteiger partial charge in [0.2, 0.25) is 0 Å². The average molecular weight is 459 g/mol. The van der Waals surface area contributed by atoms with Crippen LogP contribution in [0.25, 0.3) is 5.69 Å². The number of para-hydroxylation sites is 1. The second kappa shape index (κ2) is 9.09. The third-order valence-electron chi connectivity index (χ3n) is 5.80. The molecule has 0 spiro atoms. The van der Waals surface area contributed by atoms with E-state index in [0.29, 0.717) is 41.0 Å². The Kier molecular flexibility index (Phi) is 6.20. The number of ketones is 1. The van der Waals surface area contributed by atoms with Crippen molar-refractivity contribution >= 4 is 23.3 Å². The molecule has 4 rings (SSSR count). The Balaban J connectivity index is 1.75. The number of carbonyl (C=O) groups excluding carboxylic acids is 3. The predicted molar refractivity (Wildman–Crippen MR) is 129 cm³/mol. The maximum atomic E-state index is 13.5. The lowest BCUT2D eigenvalue weighted by Gasteiger charge is -2.32. The monoisotopic (exact) mass is 458 g/mol. The van der Waals surface area contributed by atoms with Crippen molar-refractivity contribution in [3.05, 3.63) is 93.4 Å². The number of nitrogens with one attached hydrogen (secondary N) is 1. The molecule has 1 amide bonds. The summed E-state index contributed by atoms with van der Waals surface area (Å²) in [5.41, 5.74) is 1.47. The van der Waals surface area contributed by atoms with Gasteiger partial charge in [-0.3, -0.25) is 19.0 Å². The van der Waals surface area contributed by atoms with Crippen molar-refractivity contribution in [3.8, 4) is 5.69 Å². The number of amides is 1. The number of hydrogen-bond acceptors (Lipinski definition) is 5. The van der Waals surface area contributed by atoms with Gasteiger partial charge in [-0.25, -0.2) is 4.79 Å². The lowest BCUT2D eigenvalue weighted by molar-refractivity contribution is 0.0526. The number of ether oxygens (including phenoxy) is 1. The van der Waals surface area contributed by atoms with Crippen LogP contribution in [-0.4, -0.2) is 28.8 Å². The fourth-order valence-corrected chi connectivity index (χ4v) is 4.23. The fourth-order valence-electron chi connectivity index (χ4n) is 4.23. The molecule has 7 nitrogen and oxygen atoms in total. The molecule has 0 aliphatic heterocycles. The molecular formula is C27H26N2O5. The first kappa shape index (κ1) is 23.2. The summed E-state index contributed by atoms with van der Waals surface area (Å²) in [6.07, 6.45) is 0.874. The van der Waals surface area contributed by atoms with Crippen LogP contribution < -0.4 is 10.9 Å². The number of rotatable bonds is 5. The van der Waals surface area contributed by atoms with Crippen LogP contribution in [-0.2, 0) is 11.2 Å². The van der Waals surface area contributed by atoms with Crippen molar-refractivity contribution in [1.82, 2.24) is 4.57 Å². The number of esters is 1. The maximum absolute atomic E-state index is 13.5. The zero-order valence-electron chi connectivity index (χ0n) is 19.4. The number of hydrogen-bond donors (Lipinski definition) is 1. The minimum absolute atomic E-state index is 0.0937. The number of benzene rings is 2. The molecule has 0 saturated heterocycles. The van der Waals surface area contributed by atoms with Crippen molar-refractivity contribution in [2.75, 3.05) is 11.9 Å². The second-order valence-corrected chi connectivity index (χ2v) is 9.09. The number of Topliss-reactive ketones (excluding diaryl/α,β-unsaturated/α-hetero) is 1. The van der Waals surface area contributed by atoms with E-state index in [4.69, 9.17) is 4.74 Å². The molecule has 1 N–H and O–H groups in total. The predicted octanol–water partition coefficient (Wildman–Crippen LogP) is 4.42. The standard InChI is InChI=1S/C27H26N2O5/c1-4-34-26(33)17-10-12-18(13-11-17)28-24(31)21-14-20-22(15-27(2,3)16-23(20)30)29(25(21)32)19-8-6-5-7-9-19/h5-14H,4,15-16H2,1-3H3,(H,28,31). The fraction of sp³-hybridized carbons (Fsp3) is 0.259. The summed E-state index contributed by atoms with van der Waals surface area (Å²) in [4.78, 5) is 51.5. The van der Waals surface area contributed by atoms with Crippen LogP contribution in [0.5, 0.6) is 0 Å². The topological polar surface area (TPSA) is 94.5 Å². The molecule has 0 bridgehead atoms. The van der Waals surface area contributed by atoms with E-state index in [1.54, 1.807) is 31.2 Å². The summed E-state index contributed by atoms with van der Waals surface area (Å²) in [7, 11) is 0. The third-order valence-corrected chi connectivity index (χ3v) is 5.80. The Morgan fingerprint density at radius 1 is 1.00 bits per heavy atom. The number of pyridine rings is 1. The summed E-state index contributed by atoms with van der Waals surface area (Å²) in [6.45, 7) is 5.97. The van der Waals surface area contributed by atoms with Gasteiger partial charge in [0.15, 0.2) is 5.78 Å². The van der Waals surface area contributed by atoms with Crippen LogP contribution in [0.1, 0.15) is 64.0 Å². The zero-order valence-corrected chi connectivity index (χ0v) is 19.4. The molecule has 1 aliphatic carbocycles. The summed E-state index contributed by atoms with van der Waals surface area (Å²) < 4.78 is 6.44. The zero-order chi connectivity index (χ0) is 24.5. The van der Waals surface area contributed by atoms with E-state index in [1.807, 2.05) is 32.0 Å². The Bertz CT molecular complexity index is 1320. The molecule has 34 heavy (non-hydrogen) atoms. The van der Waals surface area contributed by atoms with Gasteiger partial charge in [-0.2, -0.15) is 0 Å². The maximum Gasteiger partial charge on any atom is 0.338 e. The molecule has 0 atom stereocenters. The Morgan fingerprint density at radius 2 is 1.68 bits per heavy atom. The average Bonchev–Trinajstić information content (AvgIpc) is 2.79. The van der Waals surface area contributed by atoms with Gasteiger partial charge in [-0.05, 0) is 61.2 Å². The van der Waals surface area contributed by atoms with Gasteiger partial charge in [0.05, 0.1) is 12.2 Å². The van der Waals surface area contributed by atoms with Crippen LogP contribution in [0.3, 0.4) is 0 Å². The second-order valence-electron chi connectivity index (χ2n) is 9.09. The van der Waals surface area contributed by atoms with Crippen molar-refractivity contribution in [2.45, 2.75) is 33.6 Å². The Hall–Kier alpha value is -4.00. The lowest BCUT2D eigenvalue weighted by Crippen LogP contribution is -2.37. The summed E-state index contributed by atoms with van der Waals surface area (Å²) >= 11 is 0. The first-order valence-electron chi connectivity index (χ1n) is 11.2. The van der Waals surface area contributed by atoms with Gasteiger partial charge in [0.1, 0.15) is 5.56 Å². The SMILES string of the molecule is CCOC(=O)c1ccc(NC(=O)c2cc3c(n(-c4ccccc4)c2=O)CC(C)(C)CC3=O)cc1. The van der Waals surface area contributed by atoms with Gasteiger partial charge in [0, 0.05) is 29.1 Å². The van der Waals surface area contributed by atoms with Gasteiger partial charge in [-0.15, -0.1) is 0 Å². The third kappa shape index (κ3) is 4.55.